The molecule has 0 aromatic heterocycles. The van der Waals surface area contributed by atoms with Crippen LogP contribution in [-0.2, 0) is 0 Å². The molecule has 1 saturated carbocycles. The minimum Gasteiger partial charge on any atom is -0.316 e. The van der Waals surface area contributed by atoms with Gasteiger partial charge < -0.3 is 5.32 Å². The third kappa shape index (κ3) is 3.73. The lowest BCUT2D eigenvalue weighted by Gasteiger charge is -2.22. The van der Waals surface area contributed by atoms with Crippen LogP contribution in [0.25, 0.3) is 0 Å². The second-order valence-electron chi connectivity index (χ2n) is 5.41. The maximum Gasteiger partial charge on any atom is 0.0441 e. The van der Waals surface area contributed by atoms with Gasteiger partial charge in [0.05, 0.1) is 0 Å². The number of hydrogen-bond donors (Lipinski definition) is 1. The maximum absolute atomic E-state index is 6.36. The van der Waals surface area contributed by atoms with E-state index in [0.29, 0.717) is 5.92 Å². The van der Waals surface area contributed by atoms with Crippen LogP contribution < -0.4 is 5.32 Å². The fourth-order valence-electron chi connectivity index (χ4n) is 3.09. The quantitative estimate of drug-likeness (QED) is 0.792. The summed E-state index contributed by atoms with van der Waals surface area (Å²) in [6.07, 6.45) is 6.94. The number of hydrogen-bond acceptors (Lipinski definition) is 1. The fourth-order valence-corrected chi connectivity index (χ4v) is 3.38. The molecule has 0 heterocycles. The highest BCUT2D eigenvalue weighted by Gasteiger charge is 2.22. The van der Waals surface area contributed by atoms with Crippen LogP contribution in [0.15, 0.2) is 24.3 Å². The Morgan fingerprint density at radius 2 is 2.00 bits per heavy atom. The lowest BCUT2D eigenvalue weighted by atomic mass is 9.88. The molecule has 1 aliphatic carbocycles. The molecule has 1 unspecified atom stereocenters. The largest absolute Gasteiger partial charge is 0.316 e. The summed E-state index contributed by atoms with van der Waals surface area (Å²) in [5.74, 6) is 1.48. The van der Waals surface area contributed by atoms with Crippen LogP contribution in [-0.4, -0.2) is 13.1 Å². The Morgan fingerprint density at radius 3 is 2.67 bits per heavy atom. The maximum atomic E-state index is 6.36. The Labute approximate surface area is 116 Å². The van der Waals surface area contributed by atoms with E-state index in [0.717, 1.165) is 24.0 Å². The van der Waals surface area contributed by atoms with Crippen molar-refractivity contribution in [3.8, 4) is 0 Å². The van der Waals surface area contributed by atoms with Gasteiger partial charge in [-0.15, -0.1) is 0 Å². The summed E-state index contributed by atoms with van der Waals surface area (Å²) >= 11 is 6.36. The summed E-state index contributed by atoms with van der Waals surface area (Å²) in [6, 6.07) is 8.34. The molecule has 1 nitrogen and oxygen atoms in total. The Hall–Kier alpha value is -0.530. The Kier molecular flexibility index (Phi) is 5.52. The summed E-state index contributed by atoms with van der Waals surface area (Å²) in [7, 11) is 0. The van der Waals surface area contributed by atoms with Gasteiger partial charge in [0.25, 0.3) is 0 Å². The molecule has 0 aliphatic heterocycles. The molecule has 1 aromatic rings. The van der Waals surface area contributed by atoms with Crippen molar-refractivity contribution in [2.45, 2.75) is 44.9 Å². The summed E-state index contributed by atoms with van der Waals surface area (Å²) in [4.78, 5) is 0. The fraction of sp³-hybridized carbons (Fsp3) is 0.625. The molecule has 0 bridgehead atoms. The van der Waals surface area contributed by atoms with Gasteiger partial charge in [-0.05, 0) is 36.4 Å². The molecule has 2 heteroatoms. The number of rotatable bonds is 6. The minimum absolute atomic E-state index is 0.571. The van der Waals surface area contributed by atoms with E-state index >= 15 is 0 Å². The van der Waals surface area contributed by atoms with E-state index < -0.39 is 0 Å². The van der Waals surface area contributed by atoms with Crippen LogP contribution in [0, 0.1) is 5.92 Å². The van der Waals surface area contributed by atoms with Crippen molar-refractivity contribution in [2.24, 2.45) is 5.92 Å². The normalized spacial score (nSPS) is 18.1. The van der Waals surface area contributed by atoms with Gasteiger partial charge in [0.15, 0.2) is 0 Å². The van der Waals surface area contributed by atoms with Crippen molar-refractivity contribution < 1.29 is 0 Å². The second-order valence-corrected chi connectivity index (χ2v) is 5.82. The van der Waals surface area contributed by atoms with Gasteiger partial charge >= 0.3 is 0 Å². The predicted octanol–water partition coefficient (Wildman–Crippen LogP) is 4.61. The van der Waals surface area contributed by atoms with E-state index in [1.807, 2.05) is 12.1 Å². The third-order valence-corrected chi connectivity index (χ3v) is 4.42. The van der Waals surface area contributed by atoms with Crippen LogP contribution in [0.1, 0.15) is 50.5 Å². The van der Waals surface area contributed by atoms with Gasteiger partial charge in [0.1, 0.15) is 0 Å². The highest BCUT2D eigenvalue weighted by Crippen LogP contribution is 2.35. The first-order valence-corrected chi connectivity index (χ1v) is 7.64. The van der Waals surface area contributed by atoms with E-state index in [9.17, 15) is 0 Å². The first kappa shape index (κ1) is 13.9. The lowest BCUT2D eigenvalue weighted by Crippen LogP contribution is -2.23. The zero-order valence-electron chi connectivity index (χ0n) is 11.3. The summed E-state index contributed by atoms with van der Waals surface area (Å²) in [6.45, 7) is 4.25. The molecular weight excluding hydrogens is 242 g/mol. The van der Waals surface area contributed by atoms with Gasteiger partial charge in [-0.25, -0.2) is 0 Å². The average molecular weight is 266 g/mol. The molecule has 2 rings (SSSR count). The highest BCUT2D eigenvalue weighted by molar-refractivity contribution is 6.31. The summed E-state index contributed by atoms with van der Waals surface area (Å²) in [5, 5.41) is 4.42. The van der Waals surface area contributed by atoms with E-state index in [-0.39, 0.29) is 0 Å². The van der Waals surface area contributed by atoms with Crippen molar-refractivity contribution in [2.75, 3.05) is 13.1 Å². The van der Waals surface area contributed by atoms with Crippen LogP contribution in [0.3, 0.4) is 0 Å². The SMILES string of the molecule is CCNCC(CC1CCCC1)c1ccccc1Cl. The second kappa shape index (κ2) is 7.16. The molecular formula is C16H24ClN. The molecule has 1 atom stereocenters. The first-order chi connectivity index (χ1) is 8.81. The monoisotopic (exact) mass is 265 g/mol. The lowest BCUT2D eigenvalue weighted by molar-refractivity contribution is 0.430. The number of likely N-dealkylation sites (N-methyl/N-ethyl adjacent to an activating group) is 1. The zero-order chi connectivity index (χ0) is 12.8. The Morgan fingerprint density at radius 1 is 1.28 bits per heavy atom. The Balaban J connectivity index is 2.06. The van der Waals surface area contributed by atoms with Gasteiger partial charge in [-0.2, -0.15) is 0 Å². The third-order valence-electron chi connectivity index (χ3n) is 4.08. The first-order valence-electron chi connectivity index (χ1n) is 7.26. The van der Waals surface area contributed by atoms with Crippen molar-refractivity contribution in [3.63, 3.8) is 0 Å². The molecule has 0 amide bonds. The van der Waals surface area contributed by atoms with Crippen molar-refractivity contribution in [1.29, 1.82) is 0 Å². The standard InChI is InChI=1S/C16H24ClN/c1-2-18-12-14(11-13-7-3-4-8-13)15-9-5-6-10-16(15)17/h5-6,9-10,13-14,18H,2-4,7-8,11-12H2,1H3. The molecule has 0 saturated heterocycles. The van der Waals surface area contributed by atoms with E-state index in [2.05, 4.69) is 24.4 Å². The predicted molar refractivity (Wildman–Crippen MR) is 79.3 cm³/mol. The smallest absolute Gasteiger partial charge is 0.0441 e. The van der Waals surface area contributed by atoms with E-state index in [1.165, 1.54) is 37.7 Å². The molecule has 1 aliphatic rings. The molecule has 0 spiro atoms. The minimum atomic E-state index is 0.571. The van der Waals surface area contributed by atoms with Gasteiger partial charge in [-0.1, -0.05) is 62.4 Å². The highest BCUT2D eigenvalue weighted by atomic mass is 35.5. The van der Waals surface area contributed by atoms with Crippen LogP contribution in [0.4, 0.5) is 0 Å². The van der Waals surface area contributed by atoms with Gasteiger partial charge in [0, 0.05) is 11.6 Å². The molecule has 1 N–H and O–H groups in total. The molecule has 1 aromatic carbocycles. The molecule has 1 fully saturated rings. The zero-order valence-corrected chi connectivity index (χ0v) is 12.0. The topological polar surface area (TPSA) is 12.0 Å². The van der Waals surface area contributed by atoms with E-state index in [4.69, 9.17) is 11.6 Å². The number of benzene rings is 1. The van der Waals surface area contributed by atoms with Crippen molar-refractivity contribution in [1.82, 2.24) is 5.32 Å². The molecule has 18 heavy (non-hydrogen) atoms. The van der Waals surface area contributed by atoms with Crippen molar-refractivity contribution >= 4 is 11.6 Å². The number of halogens is 1. The van der Waals surface area contributed by atoms with Crippen LogP contribution >= 0.6 is 11.6 Å². The summed E-state index contributed by atoms with van der Waals surface area (Å²) < 4.78 is 0. The van der Waals surface area contributed by atoms with Gasteiger partial charge in [-0.3, -0.25) is 0 Å². The van der Waals surface area contributed by atoms with Crippen LogP contribution in [0.2, 0.25) is 5.02 Å². The number of nitrogens with one attached hydrogen (secondary N) is 1. The molecule has 0 radical (unpaired) electrons. The average Bonchev–Trinajstić information content (AvgIpc) is 2.88. The van der Waals surface area contributed by atoms with E-state index in [1.54, 1.807) is 0 Å². The molecule has 100 valence electrons. The Bertz CT molecular complexity index is 358. The van der Waals surface area contributed by atoms with Crippen LogP contribution in [0.5, 0.6) is 0 Å². The van der Waals surface area contributed by atoms with Gasteiger partial charge in [0.2, 0.25) is 0 Å². The summed E-state index contributed by atoms with van der Waals surface area (Å²) in [5.41, 5.74) is 1.33. The van der Waals surface area contributed by atoms with Crippen molar-refractivity contribution in [3.05, 3.63) is 34.9 Å².